The molecule has 0 aliphatic carbocycles. The quantitative estimate of drug-likeness (QED) is 0.658. The molecule has 0 heterocycles. The zero-order chi connectivity index (χ0) is 12.8. The number of phenols is 2. The smallest absolute Gasteiger partial charge is 0.161 e. The summed E-state index contributed by atoms with van der Waals surface area (Å²) >= 11 is 0. The molecule has 0 spiro atoms. The van der Waals surface area contributed by atoms with Crippen molar-refractivity contribution in [2.45, 2.75) is 25.9 Å². The molecule has 17 heavy (non-hydrogen) atoms. The molecule has 4 heteroatoms. The summed E-state index contributed by atoms with van der Waals surface area (Å²) in [4.78, 5) is 2.14. The number of aromatic hydroxyl groups is 2. The minimum absolute atomic E-state index is 0.0280. The molecular weight excluding hydrogens is 216 g/mol. The van der Waals surface area contributed by atoms with Gasteiger partial charge in [0.1, 0.15) is 0 Å². The van der Waals surface area contributed by atoms with Crippen LogP contribution in [0.5, 0.6) is 11.5 Å². The minimum Gasteiger partial charge on any atom is -0.504 e. The summed E-state index contributed by atoms with van der Waals surface area (Å²) in [5, 5.41) is 22.3. The molecule has 1 atom stereocenters. The first kappa shape index (κ1) is 13.8. The molecule has 0 aliphatic rings. The topological polar surface area (TPSA) is 55.7 Å². The molecule has 1 unspecified atom stereocenters. The summed E-state index contributed by atoms with van der Waals surface area (Å²) in [6, 6.07) is 5.39. The first-order chi connectivity index (χ1) is 8.00. The molecular formula is C13H22N2O2. The Morgan fingerprint density at radius 2 is 2.00 bits per heavy atom. The third kappa shape index (κ3) is 4.63. The maximum atomic E-state index is 9.63. The number of hydrogen-bond acceptors (Lipinski definition) is 4. The molecule has 0 amide bonds. The lowest BCUT2D eigenvalue weighted by molar-refractivity contribution is 0.362. The van der Waals surface area contributed by atoms with Gasteiger partial charge in [-0.05, 0) is 40.1 Å². The molecule has 1 rings (SSSR count). The molecule has 3 N–H and O–H groups in total. The van der Waals surface area contributed by atoms with E-state index in [1.807, 2.05) is 14.1 Å². The summed E-state index contributed by atoms with van der Waals surface area (Å²) in [7, 11) is 4.10. The standard InChI is InChI=1S/C13H22N2O2/c1-10(7-8-15(2)3)14-9-11-5-4-6-12(16)13(11)17/h4-6,10,14,16-17H,7-9H2,1-3H3. The summed E-state index contributed by atoms with van der Waals surface area (Å²) in [6.45, 7) is 3.71. The number of hydrogen-bond donors (Lipinski definition) is 3. The van der Waals surface area contributed by atoms with Crippen LogP contribution in [0.1, 0.15) is 18.9 Å². The predicted molar refractivity (Wildman–Crippen MR) is 69.2 cm³/mol. The first-order valence-electron chi connectivity index (χ1n) is 5.88. The number of nitrogens with zero attached hydrogens (tertiary/aromatic N) is 1. The number of rotatable bonds is 6. The van der Waals surface area contributed by atoms with Crippen LogP contribution < -0.4 is 5.32 Å². The Bertz CT molecular complexity index is 353. The van der Waals surface area contributed by atoms with Gasteiger partial charge in [-0.1, -0.05) is 12.1 Å². The summed E-state index contributed by atoms with van der Waals surface area (Å²) in [5.41, 5.74) is 0.724. The van der Waals surface area contributed by atoms with E-state index in [9.17, 15) is 10.2 Å². The van der Waals surface area contributed by atoms with Gasteiger partial charge in [-0.15, -0.1) is 0 Å². The number of nitrogens with one attached hydrogen (secondary N) is 1. The molecule has 0 aliphatic heterocycles. The highest BCUT2D eigenvalue weighted by Gasteiger charge is 2.07. The zero-order valence-corrected chi connectivity index (χ0v) is 10.8. The van der Waals surface area contributed by atoms with Crippen LogP contribution in [0.25, 0.3) is 0 Å². The molecule has 1 aromatic rings. The summed E-state index contributed by atoms with van der Waals surface area (Å²) in [5.74, 6) is -0.0925. The van der Waals surface area contributed by atoms with Crippen LogP contribution in [0.2, 0.25) is 0 Å². The van der Waals surface area contributed by atoms with Crippen LogP contribution in [0.3, 0.4) is 0 Å². The summed E-state index contributed by atoms with van der Waals surface area (Å²) in [6.07, 6.45) is 1.05. The third-order valence-electron chi connectivity index (χ3n) is 2.75. The van der Waals surface area contributed by atoms with Crippen molar-refractivity contribution in [3.05, 3.63) is 23.8 Å². The van der Waals surface area contributed by atoms with Crippen molar-refractivity contribution in [2.75, 3.05) is 20.6 Å². The average molecular weight is 238 g/mol. The van der Waals surface area contributed by atoms with E-state index in [0.29, 0.717) is 12.6 Å². The lowest BCUT2D eigenvalue weighted by Gasteiger charge is -2.17. The molecule has 0 fully saturated rings. The normalized spacial score (nSPS) is 12.9. The van der Waals surface area contributed by atoms with Gasteiger partial charge in [0.05, 0.1) is 0 Å². The van der Waals surface area contributed by atoms with Crippen molar-refractivity contribution >= 4 is 0 Å². The average Bonchev–Trinajstić information content (AvgIpc) is 2.28. The maximum absolute atomic E-state index is 9.63. The van der Waals surface area contributed by atoms with E-state index in [0.717, 1.165) is 18.5 Å². The molecule has 96 valence electrons. The molecule has 0 radical (unpaired) electrons. The monoisotopic (exact) mass is 238 g/mol. The lowest BCUT2D eigenvalue weighted by Crippen LogP contribution is -2.29. The van der Waals surface area contributed by atoms with Crippen molar-refractivity contribution in [3.63, 3.8) is 0 Å². The SMILES string of the molecule is CC(CCN(C)C)NCc1cccc(O)c1O. The van der Waals surface area contributed by atoms with Crippen molar-refractivity contribution in [3.8, 4) is 11.5 Å². The maximum Gasteiger partial charge on any atom is 0.161 e. The van der Waals surface area contributed by atoms with E-state index in [1.54, 1.807) is 12.1 Å². The Kier molecular flexibility index (Phi) is 5.25. The van der Waals surface area contributed by atoms with E-state index in [4.69, 9.17) is 0 Å². The first-order valence-corrected chi connectivity index (χ1v) is 5.88. The molecule has 0 aromatic heterocycles. The fraction of sp³-hybridized carbons (Fsp3) is 0.538. The Morgan fingerprint density at radius 3 is 2.65 bits per heavy atom. The Balaban J connectivity index is 2.42. The van der Waals surface area contributed by atoms with Crippen molar-refractivity contribution in [1.29, 1.82) is 0 Å². The highest BCUT2D eigenvalue weighted by atomic mass is 16.3. The van der Waals surface area contributed by atoms with Crippen LogP contribution in [-0.4, -0.2) is 41.8 Å². The van der Waals surface area contributed by atoms with Crippen LogP contribution >= 0.6 is 0 Å². The molecule has 1 aromatic carbocycles. The van der Waals surface area contributed by atoms with E-state index < -0.39 is 0 Å². The fourth-order valence-electron chi connectivity index (χ4n) is 1.56. The fourth-order valence-corrected chi connectivity index (χ4v) is 1.56. The molecule has 0 saturated heterocycles. The third-order valence-corrected chi connectivity index (χ3v) is 2.75. The zero-order valence-electron chi connectivity index (χ0n) is 10.8. The Morgan fingerprint density at radius 1 is 1.29 bits per heavy atom. The van der Waals surface area contributed by atoms with Gasteiger partial charge in [0, 0.05) is 18.2 Å². The van der Waals surface area contributed by atoms with Crippen LogP contribution in [0.15, 0.2) is 18.2 Å². The van der Waals surface area contributed by atoms with Gasteiger partial charge >= 0.3 is 0 Å². The number of para-hydroxylation sites is 1. The molecule has 0 saturated carbocycles. The number of phenolic OH excluding ortho intramolecular Hbond substituents is 2. The van der Waals surface area contributed by atoms with Crippen LogP contribution in [0, 0.1) is 0 Å². The van der Waals surface area contributed by atoms with Crippen LogP contribution in [0.4, 0.5) is 0 Å². The molecule has 0 bridgehead atoms. The Labute approximate surface area is 103 Å². The van der Waals surface area contributed by atoms with E-state index in [1.165, 1.54) is 6.07 Å². The highest BCUT2D eigenvalue weighted by molar-refractivity contribution is 5.44. The van der Waals surface area contributed by atoms with Gasteiger partial charge < -0.3 is 20.4 Å². The van der Waals surface area contributed by atoms with Crippen LogP contribution in [-0.2, 0) is 6.54 Å². The van der Waals surface area contributed by atoms with Crippen molar-refractivity contribution in [2.24, 2.45) is 0 Å². The predicted octanol–water partition coefficient (Wildman–Crippen LogP) is 1.53. The van der Waals surface area contributed by atoms with Gasteiger partial charge in [-0.25, -0.2) is 0 Å². The Hall–Kier alpha value is -1.26. The summed E-state index contributed by atoms with van der Waals surface area (Å²) < 4.78 is 0. The number of benzene rings is 1. The minimum atomic E-state index is -0.0646. The van der Waals surface area contributed by atoms with E-state index >= 15 is 0 Å². The van der Waals surface area contributed by atoms with Gasteiger partial charge in [-0.3, -0.25) is 0 Å². The molecule has 4 nitrogen and oxygen atoms in total. The van der Waals surface area contributed by atoms with Crippen molar-refractivity contribution < 1.29 is 10.2 Å². The van der Waals surface area contributed by atoms with Gasteiger partial charge in [0.2, 0.25) is 0 Å². The van der Waals surface area contributed by atoms with E-state index in [2.05, 4.69) is 17.1 Å². The highest BCUT2D eigenvalue weighted by Crippen LogP contribution is 2.27. The lowest BCUT2D eigenvalue weighted by atomic mass is 10.1. The van der Waals surface area contributed by atoms with Gasteiger partial charge in [0.15, 0.2) is 11.5 Å². The second kappa shape index (κ2) is 6.47. The second-order valence-electron chi connectivity index (χ2n) is 4.66. The largest absolute Gasteiger partial charge is 0.504 e. The van der Waals surface area contributed by atoms with Gasteiger partial charge in [-0.2, -0.15) is 0 Å². The van der Waals surface area contributed by atoms with Gasteiger partial charge in [0.25, 0.3) is 0 Å². The van der Waals surface area contributed by atoms with E-state index in [-0.39, 0.29) is 11.5 Å². The van der Waals surface area contributed by atoms with Crippen molar-refractivity contribution in [1.82, 2.24) is 10.2 Å². The second-order valence-corrected chi connectivity index (χ2v) is 4.66.